The van der Waals surface area contributed by atoms with Gasteiger partial charge >= 0.3 is 5.97 Å². The van der Waals surface area contributed by atoms with Crippen molar-refractivity contribution >= 4 is 29.5 Å². The second kappa shape index (κ2) is 11.9. The highest BCUT2D eigenvalue weighted by atomic mass is 32.1. The largest absolute Gasteiger partial charge is 0.493 e. The fourth-order valence-electron chi connectivity index (χ4n) is 2.85. The van der Waals surface area contributed by atoms with Gasteiger partial charge in [0, 0.05) is 38.6 Å². The first-order valence-corrected chi connectivity index (χ1v) is 10.2. The summed E-state index contributed by atoms with van der Waals surface area (Å²) in [7, 11) is 1.50. The molecule has 0 radical (unpaired) electrons. The molecule has 31 heavy (non-hydrogen) atoms. The highest BCUT2D eigenvalue weighted by Gasteiger charge is 2.13. The maximum Gasteiger partial charge on any atom is 0.345 e. The van der Waals surface area contributed by atoms with Crippen LogP contribution < -0.4 is 20.2 Å². The molecule has 3 rings (SSSR count). The van der Waals surface area contributed by atoms with Crippen LogP contribution in [0.25, 0.3) is 0 Å². The Morgan fingerprint density at radius 2 is 2.16 bits per heavy atom. The van der Waals surface area contributed by atoms with E-state index in [1.54, 1.807) is 42.7 Å². The first-order chi connectivity index (χ1) is 15.2. The van der Waals surface area contributed by atoms with Crippen LogP contribution in [0.1, 0.15) is 15.9 Å². The Hall–Kier alpha value is -3.08. The van der Waals surface area contributed by atoms with E-state index in [-0.39, 0.29) is 0 Å². The average molecular weight is 444 g/mol. The fraction of sp³-hybridized carbons (Fsp3) is 0.333. The quantitative estimate of drug-likeness (QED) is 0.206. The van der Waals surface area contributed by atoms with E-state index in [2.05, 4.69) is 25.7 Å². The summed E-state index contributed by atoms with van der Waals surface area (Å²) in [5.41, 5.74) is 3.90. The Morgan fingerprint density at radius 1 is 1.32 bits per heavy atom. The highest BCUT2D eigenvalue weighted by molar-refractivity contribution is 7.80. The molecule has 1 fully saturated rings. The zero-order chi connectivity index (χ0) is 21.9. The molecule has 0 amide bonds. The summed E-state index contributed by atoms with van der Waals surface area (Å²) in [5, 5.41) is 7.70. The molecule has 1 saturated heterocycles. The van der Waals surface area contributed by atoms with E-state index in [0.717, 1.165) is 45.0 Å². The van der Waals surface area contributed by atoms with Gasteiger partial charge in [0.15, 0.2) is 16.6 Å². The van der Waals surface area contributed by atoms with Gasteiger partial charge in [0.25, 0.3) is 0 Å². The van der Waals surface area contributed by atoms with Gasteiger partial charge < -0.3 is 19.5 Å². The Bertz CT molecular complexity index is 904. The summed E-state index contributed by atoms with van der Waals surface area (Å²) in [4.78, 5) is 18.4. The van der Waals surface area contributed by atoms with Crippen molar-refractivity contribution in [3.8, 4) is 11.5 Å². The minimum Gasteiger partial charge on any atom is -0.493 e. The first-order valence-electron chi connectivity index (χ1n) is 9.83. The van der Waals surface area contributed by atoms with Crippen LogP contribution in [0, 0.1) is 0 Å². The van der Waals surface area contributed by atoms with Crippen molar-refractivity contribution in [3.05, 3.63) is 53.9 Å². The molecule has 0 atom stereocenters. The van der Waals surface area contributed by atoms with Crippen LogP contribution in [0.4, 0.5) is 0 Å². The van der Waals surface area contributed by atoms with Crippen LogP contribution in [0.2, 0.25) is 0 Å². The monoisotopic (exact) mass is 443 g/mol. The molecule has 0 bridgehead atoms. The van der Waals surface area contributed by atoms with Crippen molar-refractivity contribution in [2.24, 2.45) is 5.10 Å². The number of rotatable bonds is 8. The lowest BCUT2D eigenvalue weighted by Crippen LogP contribution is -2.42. The van der Waals surface area contributed by atoms with E-state index in [1.165, 1.54) is 13.3 Å². The number of aromatic nitrogens is 1. The van der Waals surface area contributed by atoms with Gasteiger partial charge in [0.1, 0.15) is 0 Å². The number of carbonyl (C=O) groups is 1. The summed E-state index contributed by atoms with van der Waals surface area (Å²) < 4.78 is 16.1. The van der Waals surface area contributed by atoms with Crippen LogP contribution in [0.3, 0.4) is 0 Å². The molecule has 1 aliphatic heterocycles. The number of nitrogens with zero attached hydrogens (tertiary/aromatic N) is 3. The number of nitrogens with one attached hydrogen (secondary N) is 2. The zero-order valence-corrected chi connectivity index (χ0v) is 18.1. The SMILES string of the molecule is COc1cc(/C=N/NC(=S)NCCN2CCOCC2)ccc1OC(=O)c1cccnc1. The Morgan fingerprint density at radius 3 is 2.90 bits per heavy atom. The molecule has 164 valence electrons. The third-order valence-corrected chi connectivity index (χ3v) is 4.72. The van der Waals surface area contributed by atoms with Gasteiger partial charge in [-0.1, -0.05) is 0 Å². The van der Waals surface area contributed by atoms with Crippen molar-refractivity contribution < 1.29 is 19.0 Å². The third kappa shape index (κ3) is 7.28. The number of hydrazone groups is 1. The van der Waals surface area contributed by atoms with Gasteiger partial charge in [-0.3, -0.25) is 15.3 Å². The van der Waals surface area contributed by atoms with E-state index in [0.29, 0.717) is 22.2 Å². The van der Waals surface area contributed by atoms with Crippen LogP contribution in [-0.4, -0.2) is 73.7 Å². The van der Waals surface area contributed by atoms with Crippen molar-refractivity contribution in [1.82, 2.24) is 20.6 Å². The number of hydrogen-bond acceptors (Lipinski definition) is 8. The molecule has 2 N–H and O–H groups in total. The van der Waals surface area contributed by atoms with E-state index in [1.807, 2.05) is 0 Å². The number of thiocarbonyl (C=S) groups is 1. The standard InChI is InChI=1S/C21H25N5O4S/c1-28-19-13-16(4-5-18(19)30-20(27)17-3-2-6-22-15-17)14-24-25-21(31)23-7-8-26-9-11-29-12-10-26/h2-6,13-15H,7-12H2,1H3,(H2,23,25,31)/b24-14+. The number of carbonyl (C=O) groups excluding carboxylic acids is 1. The molecule has 9 nitrogen and oxygen atoms in total. The van der Waals surface area contributed by atoms with Crippen LogP contribution in [0.15, 0.2) is 47.8 Å². The normalized spacial score (nSPS) is 14.2. The summed E-state index contributed by atoms with van der Waals surface area (Å²) >= 11 is 5.23. The summed E-state index contributed by atoms with van der Waals surface area (Å²) in [6.07, 6.45) is 4.63. The smallest absolute Gasteiger partial charge is 0.345 e. The molecule has 0 saturated carbocycles. The van der Waals surface area contributed by atoms with E-state index in [4.69, 9.17) is 26.4 Å². The number of methoxy groups -OCH3 is 1. The molecule has 0 spiro atoms. The van der Waals surface area contributed by atoms with E-state index >= 15 is 0 Å². The molecule has 2 heterocycles. The molecule has 2 aromatic rings. The average Bonchev–Trinajstić information content (AvgIpc) is 2.81. The maximum absolute atomic E-state index is 12.2. The molecule has 1 aromatic carbocycles. The Balaban J connectivity index is 1.47. The lowest BCUT2D eigenvalue weighted by atomic mass is 10.2. The number of pyridine rings is 1. The first kappa shape index (κ1) is 22.6. The molecule has 1 aliphatic rings. The predicted molar refractivity (Wildman–Crippen MR) is 121 cm³/mol. The van der Waals surface area contributed by atoms with E-state index in [9.17, 15) is 4.79 Å². The zero-order valence-electron chi connectivity index (χ0n) is 17.2. The van der Waals surface area contributed by atoms with Gasteiger partial charge in [0.2, 0.25) is 0 Å². The van der Waals surface area contributed by atoms with Gasteiger partial charge in [0.05, 0.1) is 32.1 Å². The second-order valence-electron chi connectivity index (χ2n) is 6.62. The van der Waals surface area contributed by atoms with Crippen LogP contribution in [0.5, 0.6) is 11.5 Å². The highest BCUT2D eigenvalue weighted by Crippen LogP contribution is 2.28. The van der Waals surface area contributed by atoms with Crippen LogP contribution in [-0.2, 0) is 4.74 Å². The van der Waals surface area contributed by atoms with Gasteiger partial charge in [-0.15, -0.1) is 0 Å². The summed E-state index contributed by atoms with van der Waals surface area (Å²) in [5.74, 6) is 0.206. The number of ether oxygens (including phenoxy) is 3. The number of morpholine rings is 1. The number of esters is 1. The molecule has 0 unspecified atom stereocenters. The van der Waals surface area contributed by atoms with Crippen LogP contribution >= 0.6 is 12.2 Å². The Labute approximate surface area is 186 Å². The molecule has 1 aromatic heterocycles. The minimum atomic E-state index is -0.511. The fourth-order valence-corrected chi connectivity index (χ4v) is 3.00. The lowest BCUT2D eigenvalue weighted by Gasteiger charge is -2.26. The van der Waals surface area contributed by atoms with Gasteiger partial charge in [-0.2, -0.15) is 5.10 Å². The molecule has 0 aliphatic carbocycles. The summed E-state index contributed by atoms with van der Waals surface area (Å²) in [6, 6.07) is 8.42. The second-order valence-corrected chi connectivity index (χ2v) is 7.03. The molecular weight excluding hydrogens is 418 g/mol. The minimum absolute atomic E-state index is 0.307. The number of hydrogen-bond donors (Lipinski definition) is 2. The van der Waals surface area contributed by atoms with E-state index < -0.39 is 5.97 Å². The number of benzene rings is 1. The predicted octanol–water partition coefficient (Wildman–Crippen LogP) is 1.44. The van der Waals surface area contributed by atoms with Crippen molar-refractivity contribution in [3.63, 3.8) is 0 Å². The topological polar surface area (TPSA) is 97.3 Å². The lowest BCUT2D eigenvalue weighted by molar-refractivity contribution is 0.0389. The third-order valence-electron chi connectivity index (χ3n) is 4.48. The Kier molecular flexibility index (Phi) is 8.71. The van der Waals surface area contributed by atoms with Gasteiger partial charge in [-0.25, -0.2) is 4.79 Å². The maximum atomic E-state index is 12.2. The van der Waals surface area contributed by atoms with Crippen molar-refractivity contribution in [2.75, 3.05) is 46.5 Å². The van der Waals surface area contributed by atoms with Crippen molar-refractivity contribution in [1.29, 1.82) is 0 Å². The molecule has 10 heteroatoms. The van der Waals surface area contributed by atoms with Gasteiger partial charge in [-0.05, 0) is 48.1 Å². The summed E-state index contributed by atoms with van der Waals surface area (Å²) in [6.45, 7) is 5.05. The van der Waals surface area contributed by atoms with Crippen molar-refractivity contribution in [2.45, 2.75) is 0 Å². The molecular formula is C21H25N5O4S.